The van der Waals surface area contributed by atoms with Crippen molar-refractivity contribution in [3.8, 4) is 0 Å². The highest BCUT2D eigenvalue weighted by Gasteiger charge is 2.22. The molecule has 3 nitrogen and oxygen atoms in total. The summed E-state index contributed by atoms with van der Waals surface area (Å²) in [6, 6.07) is 0.351. The number of nitrogens with zero attached hydrogens (tertiary/aromatic N) is 1. The predicted octanol–water partition coefficient (Wildman–Crippen LogP) is 0.980. The highest BCUT2D eigenvalue weighted by molar-refractivity contribution is 9.10. The quantitative estimate of drug-likeness (QED) is 0.756. The van der Waals surface area contributed by atoms with Crippen LogP contribution in [0.5, 0.6) is 0 Å². The first-order valence-corrected chi connectivity index (χ1v) is 5.68. The number of likely N-dealkylation sites (tertiary alicyclic amines) is 1. The maximum Gasteiger partial charge on any atom is 0.234 e. The van der Waals surface area contributed by atoms with Gasteiger partial charge in [-0.15, -0.1) is 0 Å². The number of nitrogens with one attached hydrogen (secondary N) is 1. The topological polar surface area (TPSA) is 32.3 Å². The van der Waals surface area contributed by atoms with Crippen molar-refractivity contribution in [2.45, 2.75) is 30.6 Å². The van der Waals surface area contributed by atoms with Crippen LogP contribution in [0.3, 0.4) is 0 Å². The predicted molar refractivity (Wildman–Crippen MR) is 57.1 cm³/mol. The molecule has 4 heteroatoms. The highest BCUT2D eigenvalue weighted by atomic mass is 79.9. The number of hydrogen-bond donors (Lipinski definition) is 1. The Hall–Kier alpha value is -0.0900. The Morgan fingerprint density at radius 3 is 2.92 bits per heavy atom. The minimum absolute atomic E-state index is 0.0293. The molecule has 0 spiro atoms. The lowest BCUT2D eigenvalue weighted by atomic mass is 10.2. The Kier molecular flexibility index (Phi) is 4.19. The third-order valence-corrected chi connectivity index (χ3v) is 3.44. The third-order valence-electron chi connectivity index (χ3n) is 2.38. The van der Waals surface area contributed by atoms with E-state index in [1.54, 1.807) is 0 Å². The Morgan fingerprint density at radius 2 is 2.46 bits per heavy atom. The van der Waals surface area contributed by atoms with Crippen LogP contribution in [0.1, 0.15) is 19.8 Å². The molecule has 1 heterocycles. The normalized spacial score (nSPS) is 25.9. The van der Waals surface area contributed by atoms with Crippen LogP contribution in [0.15, 0.2) is 0 Å². The molecule has 1 aliphatic heterocycles. The molecule has 0 aromatic heterocycles. The van der Waals surface area contributed by atoms with Gasteiger partial charge in [0.25, 0.3) is 0 Å². The van der Waals surface area contributed by atoms with Gasteiger partial charge in [0.2, 0.25) is 5.91 Å². The molecule has 1 N–H and O–H groups in total. The van der Waals surface area contributed by atoms with E-state index >= 15 is 0 Å². The lowest BCUT2D eigenvalue weighted by Crippen LogP contribution is -2.40. The van der Waals surface area contributed by atoms with E-state index in [1.165, 1.54) is 0 Å². The molecule has 76 valence electrons. The van der Waals surface area contributed by atoms with Crippen LogP contribution in [-0.2, 0) is 4.79 Å². The second kappa shape index (κ2) is 4.96. The molecule has 0 radical (unpaired) electrons. The van der Waals surface area contributed by atoms with Crippen molar-refractivity contribution >= 4 is 21.8 Å². The summed E-state index contributed by atoms with van der Waals surface area (Å²) in [6.07, 6.45) is 1.92. The zero-order valence-electron chi connectivity index (χ0n) is 8.22. The molecule has 13 heavy (non-hydrogen) atoms. The van der Waals surface area contributed by atoms with Gasteiger partial charge in [-0.05, 0) is 26.4 Å². The van der Waals surface area contributed by atoms with Crippen molar-refractivity contribution in [2.24, 2.45) is 0 Å². The van der Waals surface area contributed by atoms with Crippen LogP contribution in [0.4, 0.5) is 0 Å². The summed E-state index contributed by atoms with van der Waals surface area (Å²) in [5.41, 5.74) is 0. The number of rotatable bonds is 3. The van der Waals surface area contributed by atoms with Gasteiger partial charge >= 0.3 is 0 Å². The molecule has 1 rings (SSSR count). The lowest BCUT2D eigenvalue weighted by Gasteiger charge is -2.14. The van der Waals surface area contributed by atoms with Crippen molar-refractivity contribution in [3.63, 3.8) is 0 Å². The van der Waals surface area contributed by atoms with Gasteiger partial charge < -0.3 is 10.2 Å². The van der Waals surface area contributed by atoms with Crippen LogP contribution >= 0.6 is 15.9 Å². The molecule has 1 amide bonds. The van der Waals surface area contributed by atoms with Crippen molar-refractivity contribution in [1.29, 1.82) is 0 Å². The van der Waals surface area contributed by atoms with Crippen LogP contribution in [0.2, 0.25) is 0 Å². The number of amides is 1. The van der Waals surface area contributed by atoms with Crippen molar-refractivity contribution in [1.82, 2.24) is 10.2 Å². The van der Waals surface area contributed by atoms with E-state index in [0.29, 0.717) is 6.04 Å². The van der Waals surface area contributed by atoms with Crippen LogP contribution < -0.4 is 5.32 Å². The zero-order valence-corrected chi connectivity index (χ0v) is 9.80. The molecular weight excluding hydrogens is 232 g/mol. The lowest BCUT2D eigenvalue weighted by molar-refractivity contribution is -0.121. The molecule has 1 fully saturated rings. The summed E-state index contributed by atoms with van der Waals surface area (Å²) in [6.45, 7) is 4.07. The molecule has 0 bridgehead atoms. The van der Waals surface area contributed by atoms with Gasteiger partial charge in [0, 0.05) is 12.6 Å². The van der Waals surface area contributed by atoms with Gasteiger partial charge in [-0.1, -0.05) is 22.9 Å². The van der Waals surface area contributed by atoms with Gasteiger partial charge in [0.1, 0.15) is 0 Å². The number of hydrogen-bond acceptors (Lipinski definition) is 2. The third kappa shape index (κ3) is 3.27. The van der Waals surface area contributed by atoms with Crippen LogP contribution in [0, 0.1) is 0 Å². The highest BCUT2D eigenvalue weighted by Crippen LogP contribution is 2.09. The first-order valence-electron chi connectivity index (χ1n) is 4.76. The molecular formula is C9H17BrN2O. The minimum atomic E-state index is -0.0293. The summed E-state index contributed by atoms with van der Waals surface area (Å²) in [7, 11) is 2.08. The van der Waals surface area contributed by atoms with Crippen molar-refractivity contribution in [3.05, 3.63) is 0 Å². The van der Waals surface area contributed by atoms with E-state index in [2.05, 4.69) is 33.2 Å². The van der Waals surface area contributed by atoms with Gasteiger partial charge in [0.15, 0.2) is 0 Å². The Morgan fingerprint density at radius 1 is 1.77 bits per heavy atom. The standard InChI is InChI=1S/C9H17BrN2O/c1-3-8(10)9(13)11-7-4-5-12(2)6-7/h7-8H,3-6H2,1-2H3,(H,11,13). The molecule has 0 saturated carbocycles. The minimum Gasteiger partial charge on any atom is -0.351 e. The van der Waals surface area contributed by atoms with E-state index in [9.17, 15) is 4.79 Å². The second-order valence-electron chi connectivity index (χ2n) is 3.63. The summed E-state index contributed by atoms with van der Waals surface area (Å²) >= 11 is 3.34. The van der Waals surface area contributed by atoms with E-state index < -0.39 is 0 Å². The number of carbonyl (C=O) groups excluding carboxylic acids is 1. The Balaban J connectivity index is 2.28. The number of halogens is 1. The van der Waals surface area contributed by atoms with Crippen LogP contribution in [-0.4, -0.2) is 41.8 Å². The Bertz CT molecular complexity index is 186. The van der Waals surface area contributed by atoms with Crippen molar-refractivity contribution < 1.29 is 4.79 Å². The first kappa shape index (κ1) is 11.0. The maximum atomic E-state index is 11.5. The monoisotopic (exact) mass is 248 g/mol. The molecule has 1 aliphatic rings. The number of carbonyl (C=O) groups is 1. The number of alkyl halides is 1. The molecule has 2 atom stereocenters. The van der Waals surface area contributed by atoms with E-state index in [0.717, 1.165) is 25.9 Å². The fraction of sp³-hybridized carbons (Fsp3) is 0.889. The number of likely N-dealkylation sites (N-methyl/N-ethyl adjacent to an activating group) is 1. The van der Waals surface area contributed by atoms with Gasteiger partial charge in [-0.25, -0.2) is 0 Å². The van der Waals surface area contributed by atoms with Gasteiger partial charge in [-0.2, -0.15) is 0 Å². The fourth-order valence-electron chi connectivity index (χ4n) is 1.53. The molecule has 2 unspecified atom stereocenters. The summed E-state index contributed by atoms with van der Waals surface area (Å²) < 4.78 is 0. The van der Waals surface area contributed by atoms with E-state index in [4.69, 9.17) is 0 Å². The average molecular weight is 249 g/mol. The molecule has 0 aromatic carbocycles. The van der Waals surface area contributed by atoms with Gasteiger partial charge in [0.05, 0.1) is 4.83 Å². The smallest absolute Gasteiger partial charge is 0.234 e. The largest absolute Gasteiger partial charge is 0.351 e. The van der Waals surface area contributed by atoms with Crippen LogP contribution in [0.25, 0.3) is 0 Å². The Labute approximate surface area is 88.0 Å². The van der Waals surface area contributed by atoms with Gasteiger partial charge in [-0.3, -0.25) is 4.79 Å². The maximum absolute atomic E-state index is 11.5. The molecule has 0 aliphatic carbocycles. The van der Waals surface area contributed by atoms with Crippen molar-refractivity contribution in [2.75, 3.05) is 20.1 Å². The second-order valence-corrected chi connectivity index (χ2v) is 4.74. The zero-order chi connectivity index (χ0) is 9.84. The SMILES string of the molecule is CCC(Br)C(=O)NC1CCN(C)C1. The molecule has 0 aromatic rings. The summed E-state index contributed by atoms with van der Waals surface area (Å²) in [4.78, 5) is 13.7. The fourth-order valence-corrected chi connectivity index (χ4v) is 1.66. The average Bonchev–Trinajstić information content (AvgIpc) is 2.49. The first-order chi connectivity index (χ1) is 6.13. The summed E-state index contributed by atoms with van der Waals surface area (Å²) in [5.74, 6) is 0.128. The molecule has 1 saturated heterocycles. The summed E-state index contributed by atoms with van der Waals surface area (Å²) in [5, 5.41) is 3.03. The van der Waals surface area contributed by atoms with E-state index in [-0.39, 0.29) is 10.7 Å². The van der Waals surface area contributed by atoms with E-state index in [1.807, 2.05) is 6.92 Å².